The molecule has 0 unspecified atom stereocenters. The Bertz CT molecular complexity index is 621. The summed E-state index contributed by atoms with van der Waals surface area (Å²) in [7, 11) is 3.39. The standard InChI is InChI=1S/C14H18N4O2/c1-9-5-6-11(12(7-9)20-4)14(19)16-10(2)13-17-15-8-18(13)3/h5-8,10H,1-4H3,(H,16,19)/t10-/m0/s1. The van der Waals surface area contributed by atoms with Gasteiger partial charge in [-0.05, 0) is 31.5 Å². The fourth-order valence-electron chi connectivity index (χ4n) is 2.01. The Labute approximate surface area is 117 Å². The number of benzene rings is 1. The molecule has 2 rings (SSSR count). The number of amides is 1. The van der Waals surface area contributed by atoms with Gasteiger partial charge in [-0.25, -0.2) is 0 Å². The van der Waals surface area contributed by atoms with E-state index in [9.17, 15) is 4.79 Å². The Morgan fingerprint density at radius 1 is 1.45 bits per heavy atom. The fraction of sp³-hybridized carbons (Fsp3) is 0.357. The Morgan fingerprint density at radius 2 is 2.20 bits per heavy atom. The summed E-state index contributed by atoms with van der Waals surface area (Å²) in [4.78, 5) is 12.3. The lowest BCUT2D eigenvalue weighted by Crippen LogP contribution is -2.28. The molecule has 0 aliphatic rings. The number of carbonyl (C=O) groups excluding carboxylic acids is 1. The lowest BCUT2D eigenvalue weighted by molar-refractivity contribution is 0.0934. The van der Waals surface area contributed by atoms with Crippen molar-refractivity contribution >= 4 is 5.91 Å². The van der Waals surface area contributed by atoms with Crippen LogP contribution in [-0.2, 0) is 7.05 Å². The molecule has 6 nitrogen and oxygen atoms in total. The monoisotopic (exact) mass is 274 g/mol. The number of aryl methyl sites for hydroxylation is 2. The van der Waals surface area contributed by atoms with Crippen LogP contribution in [-0.4, -0.2) is 27.8 Å². The molecule has 1 aromatic carbocycles. The summed E-state index contributed by atoms with van der Waals surface area (Å²) in [6.07, 6.45) is 1.60. The molecule has 6 heteroatoms. The van der Waals surface area contributed by atoms with E-state index in [1.807, 2.05) is 33.0 Å². The van der Waals surface area contributed by atoms with Crippen molar-refractivity contribution in [3.63, 3.8) is 0 Å². The lowest BCUT2D eigenvalue weighted by Gasteiger charge is -2.14. The molecule has 2 aromatic rings. The smallest absolute Gasteiger partial charge is 0.255 e. The first-order chi connectivity index (χ1) is 9.52. The third kappa shape index (κ3) is 2.79. The summed E-state index contributed by atoms with van der Waals surface area (Å²) < 4.78 is 7.02. The van der Waals surface area contributed by atoms with Crippen LogP contribution in [0.2, 0.25) is 0 Å². The van der Waals surface area contributed by atoms with E-state index in [2.05, 4.69) is 15.5 Å². The lowest BCUT2D eigenvalue weighted by atomic mass is 10.1. The number of hydrogen-bond donors (Lipinski definition) is 1. The van der Waals surface area contributed by atoms with Gasteiger partial charge in [-0.3, -0.25) is 4.79 Å². The highest BCUT2D eigenvalue weighted by molar-refractivity contribution is 5.97. The highest BCUT2D eigenvalue weighted by Gasteiger charge is 2.18. The minimum atomic E-state index is -0.235. The second kappa shape index (κ2) is 5.73. The topological polar surface area (TPSA) is 69.0 Å². The molecule has 0 radical (unpaired) electrons. The van der Waals surface area contributed by atoms with Gasteiger partial charge < -0.3 is 14.6 Å². The molecule has 1 aromatic heterocycles. The van der Waals surface area contributed by atoms with Gasteiger partial charge in [0.1, 0.15) is 12.1 Å². The van der Waals surface area contributed by atoms with E-state index >= 15 is 0 Å². The number of ether oxygens (including phenoxy) is 1. The number of carbonyl (C=O) groups is 1. The van der Waals surface area contributed by atoms with E-state index < -0.39 is 0 Å². The normalized spacial score (nSPS) is 12.0. The maximum atomic E-state index is 12.3. The van der Waals surface area contributed by atoms with Crippen molar-refractivity contribution in [2.45, 2.75) is 19.9 Å². The zero-order valence-corrected chi connectivity index (χ0v) is 12.0. The molecule has 0 fully saturated rings. The first-order valence-corrected chi connectivity index (χ1v) is 6.32. The van der Waals surface area contributed by atoms with E-state index in [0.29, 0.717) is 17.1 Å². The Morgan fingerprint density at radius 3 is 2.80 bits per heavy atom. The van der Waals surface area contributed by atoms with Gasteiger partial charge in [0.25, 0.3) is 5.91 Å². The van der Waals surface area contributed by atoms with Crippen LogP contribution < -0.4 is 10.1 Å². The molecule has 0 spiro atoms. The molecule has 1 atom stereocenters. The largest absolute Gasteiger partial charge is 0.496 e. The van der Waals surface area contributed by atoms with Crippen molar-refractivity contribution < 1.29 is 9.53 Å². The molecule has 106 valence electrons. The number of hydrogen-bond acceptors (Lipinski definition) is 4. The van der Waals surface area contributed by atoms with Crippen molar-refractivity contribution in [1.29, 1.82) is 0 Å². The van der Waals surface area contributed by atoms with Crippen LogP contribution in [0.25, 0.3) is 0 Å². The van der Waals surface area contributed by atoms with E-state index in [0.717, 1.165) is 5.56 Å². The number of rotatable bonds is 4. The van der Waals surface area contributed by atoms with Crippen LogP contribution in [0.4, 0.5) is 0 Å². The van der Waals surface area contributed by atoms with Crippen LogP contribution in [0.3, 0.4) is 0 Å². The second-order valence-corrected chi connectivity index (χ2v) is 4.70. The summed E-state index contributed by atoms with van der Waals surface area (Å²) in [5, 5.41) is 10.7. The van der Waals surface area contributed by atoms with Crippen molar-refractivity contribution in [3.8, 4) is 5.75 Å². The summed E-state index contributed by atoms with van der Waals surface area (Å²) in [5.74, 6) is 1.06. The average molecular weight is 274 g/mol. The zero-order valence-electron chi connectivity index (χ0n) is 12.0. The van der Waals surface area contributed by atoms with Crippen LogP contribution in [0, 0.1) is 6.92 Å². The van der Waals surface area contributed by atoms with Crippen molar-refractivity contribution in [1.82, 2.24) is 20.1 Å². The predicted molar refractivity (Wildman–Crippen MR) is 74.6 cm³/mol. The highest BCUT2D eigenvalue weighted by atomic mass is 16.5. The third-order valence-electron chi connectivity index (χ3n) is 3.08. The molecule has 0 aliphatic heterocycles. The third-order valence-corrected chi connectivity index (χ3v) is 3.08. The Hall–Kier alpha value is -2.37. The molecular formula is C14H18N4O2. The molecule has 0 saturated heterocycles. The average Bonchev–Trinajstić information content (AvgIpc) is 2.84. The predicted octanol–water partition coefficient (Wildman–Crippen LogP) is 1.62. The zero-order chi connectivity index (χ0) is 14.7. The minimum absolute atomic E-state index is 0.197. The maximum Gasteiger partial charge on any atom is 0.255 e. The van der Waals surface area contributed by atoms with Crippen molar-refractivity contribution in [2.75, 3.05) is 7.11 Å². The van der Waals surface area contributed by atoms with Crippen LogP contribution >= 0.6 is 0 Å². The number of nitrogens with zero attached hydrogens (tertiary/aromatic N) is 3. The Balaban J connectivity index is 2.18. The van der Waals surface area contributed by atoms with Gasteiger partial charge in [0.15, 0.2) is 5.82 Å². The van der Waals surface area contributed by atoms with Crippen LogP contribution in [0.5, 0.6) is 5.75 Å². The molecule has 20 heavy (non-hydrogen) atoms. The molecule has 1 amide bonds. The molecular weight excluding hydrogens is 256 g/mol. The van der Waals surface area contributed by atoms with E-state index in [1.54, 1.807) is 24.1 Å². The fourth-order valence-corrected chi connectivity index (χ4v) is 2.01. The quantitative estimate of drug-likeness (QED) is 0.920. The van der Waals surface area contributed by atoms with E-state index in [4.69, 9.17) is 4.74 Å². The molecule has 0 aliphatic carbocycles. The minimum Gasteiger partial charge on any atom is -0.496 e. The van der Waals surface area contributed by atoms with Crippen LogP contribution in [0.1, 0.15) is 34.7 Å². The summed E-state index contributed by atoms with van der Waals surface area (Å²) in [5.41, 5.74) is 1.55. The first-order valence-electron chi connectivity index (χ1n) is 6.32. The van der Waals surface area contributed by atoms with Gasteiger partial charge in [-0.2, -0.15) is 0 Å². The maximum absolute atomic E-state index is 12.3. The van der Waals surface area contributed by atoms with Gasteiger partial charge in [0.05, 0.1) is 18.7 Å². The Kier molecular flexibility index (Phi) is 4.02. The first kappa shape index (κ1) is 14.0. The van der Waals surface area contributed by atoms with Crippen molar-refractivity contribution in [3.05, 3.63) is 41.5 Å². The van der Waals surface area contributed by atoms with Gasteiger partial charge in [-0.1, -0.05) is 6.07 Å². The van der Waals surface area contributed by atoms with Gasteiger partial charge >= 0.3 is 0 Å². The number of methoxy groups -OCH3 is 1. The van der Waals surface area contributed by atoms with Crippen molar-refractivity contribution in [2.24, 2.45) is 7.05 Å². The molecule has 0 saturated carbocycles. The van der Waals surface area contributed by atoms with E-state index in [-0.39, 0.29) is 11.9 Å². The summed E-state index contributed by atoms with van der Waals surface area (Å²) in [6.45, 7) is 3.81. The van der Waals surface area contributed by atoms with Gasteiger partial charge in [0, 0.05) is 7.05 Å². The SMILES string of the molecule is COc1cc(C)ccc1C(=O)N[C@@H](C)c1nncn1C. The number of nitrogens with one attached hydrogen (secondary N) is 1. The molecule has 0 bridgehead atoms. The summed E-state index contributed by atoms with van der Waals surface area (Å²) in [6, 6.07) is 5.24. The van der Waals surface area contributed by atoms with Crippen LogP contribution in [0.15, 0.2) is 24.5 Å². The molecule has 1 heterocycles. The number of aromatic nitrogens is 3. The second-order valence-electron chi connectivity index (χ2n) is 4.70. The summed E-state index contributed by atoms with van der Waals surface area (Å²) >= 11 is 0. The van der Waals surface area contributed by atoms with Gasteiger partial charge in [0.2, 0.25) is 0 Å². The van der Waals surface area contributed by atoms with Gasteiger partial charge in [-0.15, -0.1) is 10.2 Å². The van der Waals surface area contributed by atoms with E-state index in [1.165, 1.54) is 0 Å². The molecule has 1 N–H and O–H groups in total. The highest BCUT2D eigenvalue weighted by Crippen LogP contribution is 2.20.